The summed E-state index contributed by atoms with van der Waals surface area (Å²) in [6.45, 7) is 1.81. The topological polar surface area (TPSA) is 76.5 Å². The molecule has 0 radical (unpaired) electrons. The second-order valence-electron chi connectivity index (χ2n) is 7.28. The Kier molecular flexibility index (Phi) is 5.96. The first-order chi connectivity index (χ1) is 15.3. The van der Waals surface area contributed by atoms with E-state index in [1.807, 2.05) is 0 Å². The number of ether oxygens (including phenoxy) is 1. The number of aromatic carboxylic acids is 1. The van der Waals surface area contributed by atoms with Crippen LogP contribution in [0.25, 0.3) is 10.2 Å². The Morgan fingerprint density at radius 3 is 2.53 bits per heavy atom. The molecule has 8 heteroatoms. The number of aryl methyl sites for hydroxylation is 1. The normalized spacial score (nSPS) is 11.0. The number of hydrogen-bond acceptors (Lipinski definition) is 5. The highest BCUT2D eigenvalue weighted by molar-refractivity contribution is 7.21. The molecule has 0 aliphatic heterocycles. The van der Waals surface area contributed by atoms with E-state index in [4.69, 9.17) is 4.74 Å². The molecule has 32 heavy (non-hydrogen) atoms. The largest absolute Gasteiger partial charge is 0.477 e. The van der Waals surface area contributed by atoms with E-state index in [2.05, 4.69) is 4.98 Å². The van der Waals surface area contributed by atoms with Crippen LogP contribution in [0.1, 0.15) is 26.4 Å². The second-order valence-corrected chi connectivity index (χ2v) is 8.33. The van der Waals surface area contributed by atoms with E-state index in [1.165, 1.54) is 30.5 Å². The van der Waals surface area contributed by atoms with Gasteiger partial charge in [0.2, 0.25) is 0 Å². The van der Waals surface area contributed by atoms with Gasteiger partial charge in [-0.25, -0.2) is 13.6 Å². The summed E-state index contributed by atoms with van der Waals surface area (Å²) in [4.78, 5) is 27.8. The molecule has 162 valence electrons. The van der Waals surface area contributed by atoms with Gasteiger partial charge in [-0.15, -0.1) is 11.3 Å². The summed E-state index contributed by atoms with van der Waals surface area (Å²) in [7, 11) is 0. The molecule has 2 aromatic heterocycles. The molecule has 0 spiro atoms. The molecule has 1 N–H and O–H groups in total. The number of hydrogen-bond donors (Lipinski definition) is 1. The lowest BCUT2D eigenvalue weighted by atomic mass is 10.0. The zero-order valence-electron chi connectivity index (χ0n) is 16.9. The molecule has 0 aliphatic rings. The molecule has 0 aliphatic carbocycles. The average molecular weight is 453 g/mol. The number of ketones is 1. The van der Waals surface area contributed by atoms with Crippen molar-refractivity contribution in [3.05, 3.63) is 87.9 Å². The second kappa shape index (κ2) is 8.84. The predicted molar refractivity (Wildman–Crippen MR) is 117 cm³/mol. The van der Waals surface area contributed by atoms with Crippen LogP contribution in [0.5, 0.6) is 11.5 Å². The fourth-order valence-electron chi connectivity index (χ4n) is 3.29. The summed E-state index contributed by atoms with van der Waals surface area (Å²) in [6, 6.07) is 11.7. The van der Waals surface area contributed by atoms with E-state index < -0.39 is 17.6 Å². The van der Waals surface area contributed by atoms with Crippen LogP contribution in [0.4, 0.5) is 8.78 Å². The van der Waals surface area contributed by atoms with E-state index in [0.29, 0.717) is 16.0 Å². The third kappa shape index (κ3) is 4.65. The van der Waals surface area contributed by atoms with Crippen LogP contribution in [0.15, 0.2) is 54.7 Å². The van der Waals surface area contributed by atoms with Crippen LogP contribution < -0.4 is 4.74 Å². The highest BCUT2D eigenvalue weighted by atomic mass is 32.1. The molecular formula is C24H17F2NO4S. The zero-order valence-corrected chi connectivity index (χ0v) is 17.7. The fourth-order valence-corrected chi connectivity index (χ4v) is 4.19. The molecule has 0 amide bonds. The Balaban J connectivity index is 1.50. The number of benzene rings is 2. The molecule has 0 bridgehead atoms. The molecule has 4 aromatic rings. The van der Waals surface area contributed by atoms with E-state index in [1.54, 1.807) is 25.1 Å². The van der Waals surface area contributed by atoms with Gasteiger partial charge >= 0.3 is 5.97 Å². The summed E-state index contributed by atoms with van der Waals surface area (Å²) in [5.74, 6) is -1.91. The number of thiophene rings is 1. The number of Topliss-reactive ketones (excluding diaryl/α,β-unsaturated/α-hetero) is 1. The van der Waals surface area contributed by atoms with E-state index >= 15 is 0 Å². The van der Waals surface area contributed by atoms with Crippen LogP contribution >= 0.6 is 11.3 Å². The van der Waals surface area contributed by atoms with Crippen molar-refractivity contribution in [2.24, 2.45) is 0 Å². The summed E-state index contributed by atoms with van der Waals surface area (Å²) < 4.78 is 34.8. The summed E-state index contributed by atoms with van der Waals surface area (Å²) in [5.41, 5.74) is 1.78. The minimum atomic E-state index is -1.07. The van der Waals surface area contributed by atoms with Crippen LogP contribution in [0, 0.1) is 18.6 Å². The Morgan fingerprint density at radius 1 is 1.00 bits per heavy atom. The monoisotopic (exact) mass is 453 g/mol. The van der Waals surface area contributed by atoms with Gasteiger partial charge in [-0.3, -0.25) is 9.78 Å². The molecule has 2 aromatic carbocycles. The van der Waals surface area contributed by atoms with Crippen molar-refractivity contribution in [2.75, 3.05) is 0 Å². The number of aromatic nitrogens is 1. The standard InChI is InChI=1S/C24H17F2NO4S/c1-13-2-5-18(25)15(8-13)10-16(28)9-14-3-4-17(11-19(14)26)31-21-6-7-27-20-12-22(24(29)30)32-23(20)21/h2-8,11-12H,9-10H2,1H3,(H,29,30). The summed E-state index contributed by atoms with van der Waals surface area (Å²) >= 11 is 1.01. The number of fused-ring (bicyclic) bond motifs is 1. The maximum absolute atomic E-state index is 14.6. The first-order valence-corrected chi connectivity index (χ1v) is 10.5. The van der Waals surface area contributed by atoms with Gasteiger partial charge < -0.3 is 9.84 Å². The lowest BCUT2D eigenvalue weighted by Crippen LogP contribution is -2.09. The number of carbonyl (C=O) groups is 2. The smallest absolute Gasteiger partial charge is 0.345 e. The van der Waals surface area contributed by atoms with Crippen molar-refractivity contribution < 1.29 is 28.2 Å². The summed E-state index contributed by atoms with van der Waals surface area (Å²) in [5, 5.41) is 9.17. The van der Waals surface area contributed by atoms with Gasteiger partial charge in [-0.1, -0.05) is 23.8 Å². The Hall–Kier alpha value is -3.65. The number of carboxylic acids is 1. The van der Waals surface area contributed by atoms with Crippen molar-refractivity contribution >= 4 is 33.3 Å². The molecule has 0 atom stereocenters. The molecule has 0 saturated heterocycles. The number of carboxylic acid groups (broad SMARTS) is 1. The molecule has 5 nitrogen and oxygen atoms in total. The number of halogens is 2. The average Bonchev–Trinajstić information content (AvgIpc) is 3.19. The highest BCUT2D eigenvalue weighted by Gasteiger charge is 2.16. The van der Waals surface area contributed by atoms with Gasteiger partial charge in [0.15, 0.2) is 0 Å². The number of pyridine rings is 1. The lowest BCUT2D eigenvalue weighted by molar-refractivity contribution is -0.117. The summed E-state index contributed by atoms with van der Waals surface area (Å²) in [6.07, 6.45) is 1.18. The zero-order chi connectivity index (χ0) is 22.8. The van der Waals surface area contributed by atoms with Crippen LogP contribution in [0.3, 0.4) is 0 Å². The lowest BCUT2D eigenvalue weighted by Gasteiger charge is -2.09. The van der Waals surface area contributed by atoms with Gasteiger partial charge in [0, 0.05) is 31.2 Å². The van der Waals surface area contributed by atoms with Gasteiger partial charge in [0.05, 0.1) is 10.2 Å². The highest BCUT2D eigenvalue weighted by Crippen LogP contribution is 2.35. The molecule has 0 unspecified atom stereocenters. The quantitative estimate of drug-likeness (QED) is 0.387. The van der Waals surface area contributed by atoms with E-state index in [9.17, 15) is 23.5 Å². The van der Waals surface area contributed by atoms with Gasteiger partial charge in [-0.2, -0.15) is 0 Å². The van der Waals surface area contributed by atoms with Crippen molar-refractivity contribution in [3.63, 3.8) is 0 Å². The van der Waals surface area contributed by atoms with Crippen molar-refractivity contribution in [1.29, 1.82) is 0 Å². The van der Waals surface area contributed by atoms with E-state index in [0.717, 1.165) is 23.0 Å². The number of carbonyl (C=O) groups excluding carboxylic acids is 1. The molecular weight excluding hydrogens is 436 g/mol. The maximum Gasteiger partial charge on any atom is 0.345 e. The minimum Gasteiger partial charge on any atom is -0.477 e. The Labute approximate surface area is 185 Å². The molecule has 2 heterocycles. The Bertz CT molecular complexity index is 1350. The molecule has 0 saturated carbocycles. The first-order valence-electron chi connectivity index (χ1n) is 9.65. The van der Waals surface area contributed by atoms with Crippen LogP contribution in [0.2, 0.25) is 0 Å². The predicted octanol–water partition coefficient (Wildman–Crippen LogP) is 5.73. The van der Waals surface area contributed by atoms with Gasteiger partial charge in [-0.05, 0) is 36.2 Å². The minimum absolute atomic E-state index is 0.119. The van der Waals surface area contributed by atoms with E-state index in [-0.39, 0.29) is 40.4 Å². The third-order valence-corrected chi connectivity index (χ3v) is 5.94. The Morgan fingerprint density at radius 2 is 1.78 bits per heavy atom. The first kappa shape index (κ1) is 21.6. The van der Waals surface area contributed by atoms with Crippen LogP contribution in [-0.4, -0.2) is 21.8 Å². The van der Waals surface area contributed by atoms with Gasteiger partial charge in [0.1, 0.15) is 33.8 Å². The van der Waals surface area contributed by atoms with Crippen molar-refractivity contribution in [2.45, 2.75) is 19.8 Å². The van der Waals surface area contributed by atoms with Crippen LogP contribution in [-0.2, 0) is 17.6 Å². The van der Waals surface area contributed by atoms with Crippen molar-refractivity contribution in [1.82, 2.24) is 4.98 Å². The molecule has 4 rings (SSSR count). The van der Waals surface area contributed by atoms with Crippen molar-refractivity contribution in [3.8, 4) is 11.5 Å². The fraction of sp³-hybridized carbons (Fsp3) is 0.125. The number of nitrogens with zero attached hydrogens (tertiary/aromatic N) is 1. The number of rotatable bonds is 7. The maximum atomic E-state index is 14.6. The third-order valence-electron chi connectivity index (χ3n) is 4.82. The SMILES string of the molecule is Cc1ccc(F)c(CC(=O)Cc2ccc(Oc3ccnc4cc(C(=O)O)sc34)cc2F)c1. The van der Waals surface area contributed by atoms with Gasteiger partial charge in [0.25, 0.3) is 0 Å². The molecule has 0 fully saturated rings.